The molecule has 2 unspecified atom stereocenters. The van der Waals surface area contributed by atoms with Gasteiger partial charge in [-0.15, -0.1) is 0 Å². The van der Waals surface area contributed by atoms with Crippen molar-refractivity contribution in [3.05, 3.63) is 0 Å². The van der Waals surface area contributed by atoms with E-state index in [0.717, 1.165) is 25.3 Å². The lowest BCUT2D eigenvalue weighted by Gasteiger charge is -2.35. The number of nitrogens with zero attached hydrogens (tertiary/aromatic N) is 1. The Hall–Kier alpha value is -0.570. The van der Waals surface area contributed by atoms with Gasteiger partial charge in [-0.25, -0.2) is 0 Å². The zero-order chi connectivity index (χ0) is 13.0. The number of hydrogen-bond donors (Lipinski definition) is 1. The first-order valence-electron chi connectivity index (χ1n) is 7.80. The van der Waals surface area contributed by atoms with Crippen LogP contribution in [0.25, 0.3) is 0 Å². The summed E-state index contributed by atoms with van der Waals surface area (Å²) in [7, 11) is 0. The van der Waals surface area contributed by atoms with E-state index in [-0.39, 0.29) is 11.9 Å². The fourth-order valence-corrected chi connectivity index (χ4v) is 3.72. The minimum atomic E-state index is -0.265. The molecule has 1 aliphatic heterocycles. The number of nitrogens with two attached hydrogens (primary N) is 1. The third-order valence-corrected chi connectivity index (χ3v) is 4.69. The van der Waals surface area contributed by atoms with Gasteiger partial charge >= 0.3 is 0 Å². The number of carbonyl (C=O) groups excluding carboxylic acids is 1. The molecule has 1 aliphatic carbocycles. The third kappa shape index (κ3) is 3.05. The SMILES string of the molecule is CCCC(N)C(=O)N1CCCC1C1CCCCC1. The molecule has 0 aromatic rings. The third-order valence-electron chi connectivity index (χ3n) is 4.69. The van der Waals surface area contributed by atoms with Crippen LogP contribution in [0, 0.1) is 5.92 Å². The molecule has 1 amide bonds. The maximum absolute atomic E-state index is 12.4. The molecule has 0 aromatic heterocycles. The maximum atomic E-state index is 12.4. The van der Waals surface area contributed by atoms with Crippen LogP contribution in [0.4, 0.5) is 0 Å². The lowest BCUT2D eigenvalue weighted by atomic mass is 9.83. The van der Waals surface area contributed by atoms with Crippen molar-refractivity contribution in [2.45, 2.75) is 76.8 Å². The van der Waals surface area contributed by atoms with Crippen molar-refractivity contribution in [1.82, 2.24) is 4.90 Å². The molecule has 2 N–H and O–H groups in total. The highest BCUT2D eigenvalue weighted by atomic mass is 16.2. The van der Waals surface area contributed by atoms with Crippen LogP contribution in [0.2, 0.25) is 0 Å². The molecule has 1 heterocycles. The van der Waals surface area contributed by atoms with E-state index in [1.54, 1.807) is 0 Å². The maximum Gasteiger partial charge on any atom is 0.239 e. The zero-order valence-electron chi connectivity index (χ0n) is 11.7. The molecule has 2 fully saturated rings. The molecule has 104 valence electrons. The second-order valence-corrected chi connectivity index (χ2v) is 6.03. The van der Waals surface area contributed by atoms with Gasteiger partial charge in [-0.1, -0.05) is 32.6 Å². The van der Waals surface area contributed by atoms with Gasteiger partial charge < -0.3 is 10.6 Å². The molecule has 0 spiro atoms. The molecule has 1 saturated carbocycles. The number of hydrogen-bond acceptors (Lipinski definition) is 2. The van der Waals surface area contributed by atoms with E-state index in [4.69, 9.17) is 5.73 Å². The van der Waals surface area contributed by atoms with E-state index < -0.39 is 0 Å². The van der Waals surface area contributed by atoms with Gasteiger partial charge in [0.2, 0.25) is 5.91 Å². The molecule has 0 radical (unpaired) electrons. The molecule has 2 rings (SSSR count). The van der Waals surface area contributed by atoms with E-state index in [9.17, 15) is 4.79 Å². The summed E-state index contributed by atoms with van der Waals surface area (Å²) in [4.78, 5) is 14.5. The topological polar surface area (TPSA) is 46.3 Å². The van der Waals surface area contributed by atoms with Gasteiger partial charge in [0, 0.05) is 12.6 Å². The smallest absolute Gasteiger partial charge is 0.239 e. The lowest BCUT2D eigenvalue weighted by molar-refractivity contribution is -0.134. The van der Waals surface area contributed by atoms with Crippen molar-refractivity contribution < 1.29 is 4.79 Å². The van der Waals surface area contributed by atoms with Crippen LogP contribution in [-0.2, 0) is 4.79 Å². The van der Waals surface area contributed by atoms with Crippen LogP contribution in [-0.4, -0.2) is 29.4 Å². The molecular weight excluding hydrogens is 224 g/mol. The fourth-order valence-electron chi connectivity index (χ4n) is 3.72. The highest BCUT2D eigenvalue weighted by Crippen LogP contribution is 2.34. The molecular formula is C15H28N2O. The van der Waals surface area contributed by atoms with Crippen molar-refractivity contribution in [3.8, 4) is 0 Å². The Labute approximate surface area is 111 Å². The molecule has 2 aliphatic rings. The Kier molecular flexibility index (Phi) is 5.04. The Balaban J connectivity index is 1.95. The van der Waals surface area contributed by atoms with Crippen LogP contribution in [0.1, 0.15) is 64.7 Å². The minimum Gasteiger partial charge on any atom is -0.338 e. The van der Waals surface area contributed by atoms with Gasteiger partial charge in [-0.05, 0) is 38.0 Å². The first kappa shape index (κ1) is 13.9. The second-order valence-electron chi connectivity index (χ2n) is 6.03. The highest BCUT2D eigenvalue weighted by molar-refractivity contribution is 5.82. The Morgan fingerprint density at radius 1 is 1.22 bits per heavy atom. The first-order chi connectivity index (χ1) is 8.74. The number of rotatable bonds is 4. The minimum absolute atomic E-state index is 0.213. The predicted molar refractivity (Wildman–Crippen MR) is 74.2 cm³/mol. The van der Waals surface area contributed by atoms with E-state index in [1.165, 1.54) is 44.9 Å². The van der Waals surface area contributed by atoms with E-state index in [1.807, 2.05) is 0 Å². The van der Waals surface area contributed by atoms with E-state index in [2.05, 4.69) is 11.8 Å². The molecule has 18 heavy (non-hydrogen) atoms. The van der Waals surface area contributed by atoms with Gasteiger partial charge in [0.25, 0.3) is 0 Å². The van der Waals surface area contributed by atoms with Crippen LogP contribution in [0.5, 0.6) is 0 Å². The second kappa shape index (κ2) is 6.55. The van der Waals surface area contributed by atoms with Gasteiger partial charge in [0.1, 0.15) is 0 Å². The van der Waals surface area contributed by atoms with Crippen LogP contribution < -0.4 is 5.73 Å². The quantitative estimate of drug-likeness (QED) is 0.836. The summed E-state index contributed by atoms with van der Waals surface area (Å²) in [6.45, 7) is 3.03. The lowest BCUT2D eigenvalue weighted by Crippen LogP contribution is -2.48. The summed E-state index contributed by atoms with van der Waals surface area (Å²) in [6.07, 6.45) is 10.9. The summed E-state index contributed by atoms with van der Waals surface area (Å²) >= 11 is 0. The number of amides is 1. The summed E-state index contributed by atoms with van der Waals surface area (Å²) in [5.74, 6) is 0.962. The molecule has 3 heteroatoms. The Morgan fingerprint density at radius 2 is 1.94 bits per heavy atom. The van der Waals surface area contributed by atoms with Crippen LogP contribution in [0.15, 0.2) is 0 Å². The highest BCUT2D eigenvalue weighted by Gasteiger charge is 2.36. The van der Waals surface area contributed by atoms with Crippen molar-refractivity contribution >= 4 is 5.91 Å². The van der Waals surface area contributed by atoms with Gasteiger partial charge in [0.05, 0.1) is 6.04 Å². The molecule has 0 aromatic carbocycles. The van der Waals surface area contributed by atoms with Crippen molar-refractivity contribution in [1.29, 1.82) is 0 Å². The van der Waals surface area contributed by atoms with Crippen LogP contribution in [0.3, 0.4) is 0 Å². The Bertz CT molecular complexity index is 274. The largest absolute Gasteiger partial charge is 0.338 e. The molecule has 1 saturated heterocycles. The predicted octanol–water partition coefficient (Wildman–Crippen LogP) is 2.69. The average Bonchev–Trinajstić information content (AvgIpc) is 2.88. The van der Waals surface area contributed by atoms with Crippen molar-refractivity contribution in [2.75, 3.05) is 6.54 Å². The van der Waals surface area contributed by atoms with Gasteiger partial charge in [-0.3, -0.25) is 4.79 Å². The van der Waals surface area contributed by atoms with Gasteiger partial charge in [-0.2, -0.15) is 0 Å². The van der Waals surface area contributed by atoms with E-state index in [0.29, 0.717) is 6.04 Å². The Morgan fingerprint density at radius 3 is 2.61 bits per heavy atom. The average molecular weight is 252 g/mol. The zero-order valence-corrected chi connectivity index (χ0v) is 11.7. The van der Waals surface area contributed by atoms with E-state index >= 15 is 0 Å². The summed E-state index contributed by atoms with van der Waals surface area (Å²) < 4.78 is 0. The van der Waals surface area contributed by atoms with Crippen molar-refractivity contribution in [3.63, 3.8) is 0 Å². The summed E-state index contributed by atoms with van der Waals surface area (Å²) in [5, 5.41) is 0. The first-order valence-corrected chi connectivity index (χ1v) is 7.80. The summed E-state index contributed by atoms with van der Waals surface area (Å²) in [5.41, 5.74) is 6.01. The summed E-state index contributed by atoms with van der Waals surface area (Å²) in [6, 6.07) is 0.236. The molecule has 0 bridgehead atoms. The van der Waals surface area contributed by atoms with Crippen molar-refractivity contribution in [2.24, 2.45) is 11.7 Å². The van der Waals surface area contributed by atoms with Gasteiger partial charge in [0.15, 0.2) is 0 Å². The monoisotopic (exact) mass is 252 g/mol. The fraction of sp³-hybridized carbons (Fsp3) is 0.933. The van der Waals surface area contributed by atoms with Crippen LogP contribution >= 0.6 is 0 Å². The molecule has 3 nitrogen and oxygen atoms in total. The number of carbonyl (C=O) groups is 1. The number of likely N-dealkylation sites (tertiary alicyclic amines) is 1. The normalized spacial score (nSPS) is 27.4. The standard InChI is InChI=1S/C15H28N2O/c1-2-7-13(16)15(18)17-11-6-10-14(17)12-8-4-3-5-9-12/h12-14H,2-11,16H2,1H3. The molecule has 2 atom stereocenters.